The monoisotopic (exact) mass is 308 g/mol. The van der Waals surface area contributed by atoms with Gasteiger partial charge in [0, 0.05) is 13.1 Å². The predicted octanol–water partition coefficient (Wildman–Crippen LogP) is 1.53. The van der Waals surface area contributed by atoms with E-state index in [0.29, 0.717) is 19.6 Å². The number of sulfonamides is 1. The minimum Gasteiger partial charge on any atom is -0.330 e. The first-order valence-corrected chi connectivity index (χ1v) is 7.35. The van der Waals surface area contributed by atoms with Crippen molar-refractivity contribution in [1.29, 1.82) is 0 Å². The molecular formula is C12H18ClFN2O2S. The van der Waals surface area contributed by atoms with E-state index >= 15 is 0 Å². The first-order chi connectivity index (χ1) is 8.45. The highest BCUT2D eigenvalue weighted by Gasteiger charge is 2.33. The molecule has 1 aromatic carbocycles. The molecule has 2 N–H and O–H groups in total. The topological polar surface area (TPSA) is 63.4 Å². The smallest absolute Gasteiger partial charge is 0.246 e. The van der Waals surface area contributed by atoms with Crippen LogP contribution in [0, 0.1) is 18.7 Å². The maximum Gasteiger partial charge on any atom is 0.246 e. The predicted molar refractivity (Wildman–Crippen MR) is 74.3 cm³/mol. The molecule has 4 nitrogen and oxygen atoms in total. The summed E-state index contributed by atoms with van der Waals surface area (Å²) in [6.07, 6.45) is 0.739. The van der Waals surface area contributed by atoms with Crippen molar-refractivity contribution in [3.05, 3.63) is 29.6 Å². The van der Waals surface area contributed by atoms with Crippen LogP contribution in [0.25, 0.3) is 0 Å². The van der Waals surface area contributed by atoms with E-state index in [1.807, 2.05) is 0 Å². The van der Waals surface area contributed by atoms with E-state index in [2.05, 4.69) is 0 Å². The van der Waals surface area contributed by atoms with E-state index in [1.54, 1.807) is 13.0 Å². The number of rotatable bonds is 3. The summed E-state index contributed by atoms with van der Waals surface area (Å²) >= 11 is 0. The van der Waals surface area contributed by atoms with Gasteiger partial charge in [0.15, 0.2) is 0 Å². The first-order valence-electron chi connectivity index (χ1n) is 5.91. The molecular weight excluding hydrogens is 291 g/mol. The van der Waals surface area contributed by atoms with Gasteiger partial charge in [0.2, 0.25) is 10.0 Å². The highest BCUT2D eigenvalue weighted by atomic mass is 35.5. The molecule has 1 heterocycles. The standard InChI is InChI=1S/C12H17FN2O2S.ClH/c1-9-2-3-11(13)12(6-9)18(16,17)15-5-4-10(7-14)8-15;/h2-3,6,10H,4-5,7-8,14H2,1H3;1H. The van der Waals surface area contributed by atoms with Crippen molar-refractivity contribution in [2.45, 2.75) is 18.2 Å². The lowest BCUT2D eigenvalue weighted by Crippen LogP contribution is -2.30. The highest BCUT2D eigenvalue weighted by Crippen LogP contribution is 2.26. The zero-order chi connectivity index (χ0) is 13.3. The number of hydrogen-bond acceptors (Lipinski definition) is 3. The minimum absolute atomic E-state index is 0. The summed E-state index contributed by atoms with van der Waals surface area (Å²) < 4.78 is 39.6. The van der Waals surface area contributed by atoms with Gasteiger partial charge < -0.3 is 5.73 Å². The second-order valence-electron chi connectivity index (χ2n) is 4.69. The summed E-state index contributed by atoms with van der Waals surface area (Å²) in [5.74, 6) is -0.524. The molecule has 0 aliphatic carbocycles. The van der Waals surface area contributed by atoms with Crippen molar-refractivity contribution in [1.82, 2.24) is 4.31 Å². The molecule has 1 atom stereocenters. The lowest BCUT2D eigenvalue weighted by atomic mass is 10.1. The number of nitrogens with zero attached hydrogens (tertiary/aromatic N) is 1. The fourth-order valence-corrected chi connectivity index (χ4v) is 3.84. The summed E-state index contributed by atoms with van der Waals surface area (Å²) in [7, 11) is -3.73. The number of aryl methyl sites for hydroxylation is 1. The zero-order valence-electron chi connectivity index (χ0n) is 10.7. The molecule has 1 aliphatic heterocycles. The van der Waals surface area contributed by atoms with Crippen LogP contribution in [-0.4, -0.2) is 32.4 Å². The largest absolute Gasteiger partial charge is 0.330 e. The van der Waals surface area contributed by atoms with E-state index in [9.17, 15) is 12.8 Å². The maximum atomic E-state index is 13.7. The van der Waals surface area contributed by atoms with Gasteiger partial charge in [0.25, 0.3) is 0 Å². The Bertz CT molecular complexity index is 551. The molecule has 1 unspecified atom stereocenters. The fraction of sp³-hybridized carbons (Fsp3) is 0.500. The van der Waals surface area contributed by atoms with Crippen molar-refractivity contribution in [2.24, 2.45) is 11.7 Å². The van der Waals surface area contributed by atoms with Gasteiger partial charge in [-0.2, -0.15) is 4.31 Å². The molecule has 0 bridgehead atoms. The van der Waals surface area contributed by atoms with Gasteiger partial charge in [-0.3, -0.25) is 0 Å². The Morgan fingerprint density at radius 3 is 2.74 bits per heavy atom. The van der Waals surface area contributed by atoms with Gasteiger partial charge in [0.1, 0.15) is 10.7 Å². The van der Waals surface area contributed by atoms with Crippen LogP contribution in [-0.2, 0) is 10.0 Å². The molecule has 1 aromatic rings. The molecule has 7 heteroatoms. The van der Waals surface area contributed by atoms with Crippen molar-refractivity contribution in [3.63, 3.8) is 0 Å². The lowest BCUT2D eigenvalue weighted by molar-refractivity contribution is 0.453. The highest BCUT2D eigenvalue weighted by molar-refractivity contribution is 7.89. The molecule has 0 radical (unpaired) electrons. The van der Waals surface area contributed by atoms with Gasteiger partial charge in [-0.15, -0.1) is 12.4 Å². The van der Waals surface area contributed by atoms with Crippen LogP contribution in [0.3, 0.4) is 0 Å². The molecule has 1 fully saturated rings. The third-order valence-electron chi connectivity index (χ3n) is 3.29. The Balaban J connectivity index is 0.00000180. The third-order valence-corrected chi connectivity index (χ3v) is 5.17. The van der Waals surface area contributed by atoms with Crippen molar-refractivity contribution >= 4 is 22.4 Å². The number of halogens is 2. The molecule has 2 rings (SSSR count). The molecule has 0 amide bonds. The third kappa shape index (κ3) is 3.25. The molecule has 0 spiro atoms. The van der Waals surface area contributed by atoms with E-state index < -0.39 is 15.8 Å². The average Bonchev–Trinajstić information content (AvgIpc) is 2.81. The van der Waals surface area contributed by atoms with Crippen LogP contribution in [0.2, 0.25) is 0 Å². The summed E-state index contributed by atoms with van der Waals surface area (Å²) in [6, 6.07) is 4.13. The summed E-state index contributed by atoms with van der Waals surface area (Å²) in [6.45, 7) is 3.00. The van der Waals surface area contributed by atoms with Gasteiger partial charge in [-0.05, 0) is 43.5 Å². The van der Waals surface area contributed by atoms with E-state index in [1.165, 1.54) is 16.4 Å². The number of nitrogens with two attached hydrogens (primary N) is 1. The summed E-state index contributed by atoms with van der Waals surface area (Å²) in [5.41, 5.74) is 6.26. The summed E-state index contributed by atoms with van der Waals surface area (Å²) in [4.78, 5) is -0.236. The Kier molecular flexibility index (Phi) is 5.32. The van der Waals surface area contributed by atoms with E-state index in [4.69, 9.17) is 5.73 Å². The van der Waals surface area contributed by atoms with Crippen LogP contribution in [0.4, 0.5) is 4.39 Å². The second-order valence-corrected chi connectivity index (χ2v) is 6.59. The molecule has 1 aliphatic rings. The van der Waals surface area contributed by atoms with Gasteiger partial charge in [-0.1, -0.05) is 6.07 Å². The molecule has 19 heavy (non-hydrogen) atoms. The molecule has 108 valence electrons. The van der Waals surface area contributed by atoms with Crippen LogP contribution in [0.15, 0.2) is 23.1 Å². The normalized spacial score (nSPS) is 20.3. The minimum atomic E-state index is -3.73. The fourth-order valence-electron chi connectivity index (χ4n) is 2.16. The van der Waals surface area contributed by atoms with E-state index in [-0.39, 0.29) is 23.2 Å². The zero-order valence-corrected chi connectivity index (χ0v) is 12.3. The van der Waals surface area contributed by atoms with Gasteiger partial charge in [-0.25, -0.2) is 12.8 Å². The van der Waals surface area contributed by atoms with E-state index in [0.717, 1.165) is 12.0 Å². The SMILES string of the molecule is Cc1ccc(F)c(S(=O)(=O)N2CCC(CN)C2)c1.Cl. The summed E-state index contributed by atoms with van der Waals surface area (Å²) in [5, 5.41) is 0. The maximum absolute atomic E-state index is 13.7. The average molecular weight is 309 g/mol. The Labute approximate surface area is 119 Å². The van der Waals surface area contributed by atoms with Crippen LogP contribution in [0.1, 0.15) is 12.0 Å². The van der Waals surface area contributed by atoms with Gasteiger partial charge >= 0.3 is 0 Å². The van der Waals surface area contributed by atoms with Crippen LogP contribution >= 0.6 is 12.4 Å². The number of hydrogen-bond donors (Lipinski definition) is 1. The molecule has 0 saturated carbocycles. The van der Waals surface area contributed by atoms with Crippen molar-refractivity contribution in [3.8, 4) is 0 Å². The Hall–Kier alpha value is -0.690. The van der Waals surface area contributed by atoms with Gasteiger partial charge in [0.05, 0.1) is 0 Å². The quantitative estimate of drug-likeness (QED) is 0.921. The Morgan fingerprint density at radius 2 is 2.16 bits per heavy atom. The molecule has 1 saturated heterocycles. The first kappa shape index (κ1) is 16.4. The van der Waals surface area contributed by atoms with Crippen LogP contribution < -0.4 is 5.73 Å². The molecule has 0 aromatic heterocycles. The second kappa shape index (κ2) is 6.17. The number of benzene rings is 1. The van der Waals surface area contributed by atoms with Crippen molar-refractivity contribution in [2.75, 3.05) is 19.6 Å². The van der Waals surface area contributed by atoms with Crippen LogP contribution in [0.5, 0.6) is 0 Å². The lowest BCUT2D eigenvalue weighted by Gasteiger charge is -2.17. The van der Waals surface area contributed by atoms with Crippen molar-refractivity contribution < 1.29 is 12.8 Å². The Morgan fingerprint density at radius 1 is 1.47 bits per heavy atom.